The second-order valence-electron chi connectivity index (χ2n) is 4.58. The first-order chi connectivity index (χ1) is 8.78. The Labute approximate surface area is 111 Å². The van der Waals surface area contributed by atoms with E-state index in [0.29, 0.717) is 12.6 Å². The maximum atomic E-state index is 11.3. The van der Waals surface area contributed by atoms with Crippen LogP contribution in [0.3, 0.4) is 0 Å². The standard InChI is InChI=1S/C14H21NO2S/c1-2-17-14-5-3-4-12(10-14)11-15-13-6-8-18(16)9-7-13/h3-5,10,13,15H,2,6-9,11H2,1H3. The molecule has 1 N–H and O–H groups in total. The predicted octanol–water partition coefficient (Wildman–Crippen LogP) is 2.09. The zero-order valence-corrected chi connectivity index (χ0v) is 11.7. The lowest BCUT2D eigenvalue weighted by Crippen LogP contribution is -2.35. The molecule has 0 amide bonds. The van der Waals surface area contributed by atoms with Gasteiger partial charge in [0.05, 0.1) is 6.61 Å². The summed E-state index contributed by atoms with van der Waals surface area (Å²) in [7, 11) is -0.575. The second kappa shape index (κ2) is 6.90. The topological polar surface area (TPSA) is 38.3 Å². The first-order valence-corrected chi connectivity index (χ1v) is 8.07. The quantitative estimate of drug-likeness (QED) is 0.888. The van der Waals surface area contributed by atoms with Crippen LogP contribution in [0, 0.1) is 0 Å². The summed E-state index contributed by atoms with van der Waals surface area (Å²) in [5.41, 5.74) is 1.24. The normalized spacial score (nSPS) is 23.8. The maximum absolute atomic E-state index is 11.3. The largest absolute Gasteiger partial charge is 0.494 e. The van der Waals surface area contributed by atoms with Crippen molar-refractivity contribution in [3.05, 3.63) is 29.8 Å². The third-order valence-corrected chi connectivity index (χ3v) is 4.57. The van der Waals surface area contributed by atoms with Crippen LogP contribution < -0.4 is 10.1 Å². The van der Waals surface area contributed by atoms with Crippen molar-refractivity contribution in [1.82, 2.24) is 5.32 Å². The third kappa shape index (κ3) is 4.10. The second-order valence-corrected chi connectivity index (χ2v) is 6.28. The summed E-state index contributed by atoms with van der Waals surface area (Å²) in [5.74, 6) is 2.62. The van der Waals surface area contributed by atoms with E-state index in [2.05, 4.69) is 17.4 Å². The molecule has 0 aromatic heterocycles. The number of hydrogen-bond donors (Lipinski definition) is 1. The van der Waals surface area contributed by atoms with Crippen LogP contribution in [0.25, 0.3) is 0 Å². The molecule has 0 unspecified atom stereocenters. The van der Waals surface area contributed by atoms with Gasteiger partial charge in [-0.25, -0.2) is 0 Å². The van der Waals surface area contributed by atoms with E-state index < -0.39 is 10.8 Å². The van der Waals surface area contributed by atoms with E-state index >= 15 is 0 Å². The van der Waals surface area contributed by atoms with E-state index in [1.54, 1.807) is 0 Å². The number of benzene rings is 1. The molecule has 1 aromatic rings. The smallest absolute Gasteiger partial charge is 0.119 e. The van der Waals surface area contributed by atoms with Gasteiger partial charge in [-0.2, -0.15) is 0 Å². The van der Waals surface area contributed by atoms with Gasteiger partial charge in [-0.15, -0.1) is 0 Å². The van der Waals surface area contributed by atoms with Crippen LogP contribution in [-0.2, 0) is 17.3 Å². The van der Waals surface area contributed by atoms with Crippen molar-refractivity contribution < 1.29 is 8.95 Å². The van der Waals surface area contributed by atoms with Crippen molar-refractivity contribution in [3.63, 3.8) is 0 Å². The summed E-state index contributed by atoms with van der Waals surface area (Å²) in [5, 5.41) is 3.54. The van der Waals surface area contributed by atoms with Gasteiger partial charge in [-0.3, -0.25) is 4.21 Å². The van der Waals surface area contributed by atoms with Crippen molar-refractivity contribution in [1.29, 1.82) is 0 Å². The molecular weight excluding hydrogens is 246 g/mol. The molecule has 1 saturated heterocycles. The summed E-state index contributed by atoms with van der Waals surface area (Å²) in [6.45, 7) is 3.55. The molecule has 1 aromatic carbocycles. The number of rotatable bonds is 5. The van der Waals surface area contributed by atoms with Crippen molar-refractivity contribution in [2.45, 2.75) is 32.4 Å². The lowest BCUT2D eigenvalue weighted by atomic mass is 10.1. The predicted molar refractivity (Wildman–Crippen MR) is 75.3 cm³/mol. The molecule has 3 nitrogen and oxygen atoms in total. The molecule has 1 heterocycles. The molecule has 4 heteroatoms. The SMILES string of the molecule is CCOc1cccc(CNC2CCS(=O)CC2)c1. The van der Waals surface area contributed by atoms with E-state index in [1.807, 2.05) is 19.1 Å². The molecule has 0 atom stereocenters. The minimum atomic E-state index is -0.575. The monoisotopic (exact) mass is 267 g/mol. The highest BCUT2D eigenvalue weighted by Crippen LogP contribution is 2.14. The van der Waals surface area contributed by atoms with Crippen LogP contribution in [-0.4, -0.2) is 28.4 Å². The van der Waals surface area contributed by atoms with Crippen LogP contribution in [0.15, 0.2) is 24.3 Å². The molecule has 0 radical (unpaired) electrons. The van der Waals surface area contributed by atoms with Gasteiger partial charge in [0.25, 0.3) is 0 Å². The summed E-state index contributed by atoms with van der Waals surface area (Å²) >= 11 is 0. The number of hydrogen-bond acceptors (Lipinski definition) is 3. The highest BCUT2D eigenvalue weighted by molar-refractivity contribution is 7.85. The van der Waals surface area contributed by atoms with Crippen LogP contribution in [0.5, 0.6) is 5.75 Å². The Hall–Kier alpha value is -0.870. The minimum absolute atomic E-state index is 0.512. The molecule has 2 rings (SSSR count). The van der Waals surface area contributed by atoms with E-state index in [0.717, 1.165) is 36.6 Å². The van der Waals surface area contributed by atoms with Gasteiger partial charge in [0.1, 0.15) is 5.75 Å². The molecule has 1 fully saturated rings. The fourth-order valence-corrected chi connectivity index (χ4v) is 3.47. The maximum Gasteiger partial charge on any atom is 0.119 e. The van der Waals surface area contributed by atoms with E-state index in [4.69, 9.17) is 4.74 Å². The number of ether oxygens (including phenoxy) is 1. The van der Waals surface area contributed by atoms with Gasteiger partial charge in [0.15, 0.2) is 0 Å². The van der Waals surface area contributed by atoms with Gasteiger partial charge >= 0.3 is 0 Å². The van der Waals surface area contributed by atoms with Gasteiger partial charge < -0.3 is 10.1 Å². The molecule has 0 aliphatic carbocycles. The molecule has 0 spiro atoms. The Kier molecular flexibility index (Phi) is 5.20. The molecule has 0 bridgehead atoms. The van der Waals surface area contributed by atoms with Crippen LogP contribution >= 0.6 is 0 Å². The van der Waals surface area contributed by atoms with Crippen molar-refractivity contribution in [3.8, 4) is 5.75 Å². The first kappa shape index (κ1) is 13.6. The van der Waals surface area contributed by atoms with Crippen LogP contribution in [0.2, 0.25) is 0 Å². The lowest BCUT2D eigenvalue weighted by molar-refractivity contribution is 0.339. The Balaban J connectivity index is 1.82. The Morgan fingerprint density at radius 3 is 2.89 bits per heavy atom. The highest BCUT2D eigenvalue weighted by Gasteiger charge is 2.16. The number of nitrogens with one attached hydrogen (secondary N) is 1. The van der Waals surface area contributed by atoms with Crippen LogP contribution in [0.4, 0.5) is 0 Å². The van der Waals surface area contributed by atoms with E-state index in [-0.39, 0.29) is 0 Å². The van der Waals surface area contributed by atoms with E-state index in [9.17, 15) is 4.21 Å². The molecular formula is C14H21NO2S. The fraction of sp³-hybridized carbons (Fsp3) is 0.571. The summed E-state index contributed by atoms with van der Waals surface area (Å²) in [6, 6.07) is 8.71. The first-order valence-electron chi connectivity index (χ1n) is 6.58. The van der Waals surface area contributed by atoms with Crippen molar-refractivity contribution in [2.24, 2.45) is 0 Å². The fourth-order valence-electron chi connectivity index (χ4n) is 2.17. The van der Waals surface area contributed by atoms with Gasteiger partial charge in [-0.1, -0.05) is 12.1 Å². The lowest BCUT2D eigenvalue weighted by Gasteiger charge is -2.22. The zero-order chi connectivity index (χ0) is 12.8. The summed E-state index contributed by atoms with van der Waals surface area (Å²) in [4.78, 5) is 0. The zero-order valence-electron chi connectivity index (χ0n) is 10.9. The molecule has 0 saturated carbocycles. The van der Waals surface area contributed by atoms with Gasteiger partial charge in [-0.05, 0) is 37.5 Å². The minimum Gasteiger partial charge on any atom is -0.494 e. The Bertz CT molecular complexity index is 399. The van der Waals surface area contributed by atoms with Crippen molar-refractivity contribution >= 4 is 10.8 Å². The van der Waals surface area contributed by atoms with Crippen molar-refractivity contribution in [2.75, 3.05) is 18.1 Å². The molecule has 100 valence electrons. The summed E-state index contributed by atoms with van der Waals surface area (Å²) in [6.07, 6.45) is 2.05. The summed E-state index contributed by atoms with van der Waals surface area (Å²) < 4.78 is 16.8. The van der Waals surface area contributed by atoms with E-state index in [1.165, 1.54) is 5.56 Å². The Morgan fingerprint density at radius 1 is 1.39 bits per heavy atom. The average molecular weight is 267 g/mol. The van der Waals surface area contributed by atoms with Gasteiger partial charge in [0, 0.05) is 34.9 Å². The van der Waals surface area contributed by atoms with Gasteiger partial charge in [0.2, 0.25) is 0 Å². The highest BCUT2D eigenvalue weighted by atomic mass is 32.2. The third-order valence-electron chi connectivity index (χ3n) is 3.19. The molecule has 18 heavy (non-hydrogen) atoms. The average Bonchev–Trinajstić information content (AvgIpc) is 2.39. The van der Waals surface area contributed by atoms with Crippen LogP contribution in [0.1, 0.15) is 25.3 Å². The molecule has 1 aliphatic heterocycles. The molecule has 1 aliphatic rings. The Morgan fingerprint density at radius 2 is 2.17 bits per heavy atom.